The fraction of sp³-hybridized carbons (Fsp3) is 0.417. The molecule has 0 bridgehead atoms. The van der Waals surface area contributed by atoms with Crippen molar-refractivity contribution in [3.63, 3.8) is 0 Å². The third kappa shape index (κ3) is 2.17. The van der Waals surface area contributed by atoms with Gasteiger partial charge in [-0.05, 0) is 43.6 Å². The second-order valence-corrected chi connectivity index (χ2v) is 4.86. The molecule has 80 valence electrons. The number of hydrogen-bond donors (Lipinski definition) is 0. The van der Waals surface area contributed by atoms with Crippen molar-refractivity contribution in [3.8, 4) is 0 Å². The highest BCUT2D eigenvalue weighted by Crippen LogP contribution is 2.12. The van der Waals surface area contributed by atoms with Crippen LogP contribution in [0.1, 0.15) is 17.0 Å². The fourth-order valence-electron chi connectivity index (χ4n) is 1.80. The van der Waals surface area contributed by atoms with Crippen molar-refractivity contribution in [2.75, 3.05) is 12.0 Å². The average Bonchev–Trinajstić information content (AvgIpc) is 2.57. The molecule has 2 rings (SSSR count). The van der Waals surface area contributed by atoms with E-state index in [9.17, 15) is 0 Å². The largest absolute Gasteiger partial charge is 0.304 e. The number of thioether (sulfide) groups is 1. The van der Waals surface area contributed by atoms with E-state index in [1.807, 2.05) is 11.8 Å². The van der Waals surface area contributed by atoms with Crippen molar-refractivity contribution in [2.45, 2.75) is 20.3 Å². The van der Waals surface area contributed by atoms with E-state index >= 15 is 0 Å². The third-order valence-electron chi connectivity index (χ3n) is 2.52. The SMILES string of the molecule is CSCCc1cn2c(C)cc(C)cc2n1. The molecule has 0 saturated heterocycles. The number of nitrogens with zero attached hydrogens (tertiary/aromatic N) is 2. The van der Waals surface area contributed by atoms with Crippen LogP contribution >= 0.6 is 11.8 Å². The van der Waals surface area contributed by atoms with Crippen LogP contribution in [-0.4, -0.2) is 21.4 Å². The van der Waals surface area contributed by atoms with Gasteiger partial charge in [-0.15, -0.1) is 0 Å². The molecule has 3 heteroatoms. The molecular formula is C12H16N2S. The van der Waals surface area contributed by atoms with Gasteiger partial charge >= 0.3 is 0 Å². The summed E-state index contributed by atoms with van der Waals surface area (Å²) in [6.45, 7) is 4.24. The Morgan fingerprint density at radius 2 is 2.13 bits per heavy atom. The van der Waals surface area contributed by atoms with Crippen LogP contribution < -0.4 is 0 Å². The Balaban J connectivity index is 2.41. The third-order valence-corrected chi connectivity index (χ3v) is 3.13. The monoisotopic (exact) mass is 220 g/mol. The summed E-state index contributed by atoms with van der Waals surface area (Å²) in [7, 11) is 0. The summed E-state index contributed by atoms with van der Waals surface area (Å²) >= 11 is 1.86. The molecule has 0 saturated carbocycles. The van der Waals surface area contributed by atoms with E-state index in [-0.39, 0.29) is 0 Å². The molecule has 0 fully saturated rings. The van der Waals surface area contributed by atoms with Gasteiger partial charge in [0.15, 0.2) is 0 Å². The fourth-order valence-corrected chi connectivity index (χ4v) is 2.21. The predicted molar refractivity (Wildman–Crippen MR) is 66.8 cm³/mol. The highest BCUT2D eigenvalue weighted by Gasteiger charge is 2.03. The summed E-state index contributed by atoms with van der Waals surface area (Å²) in [6.07, 6.45) is 5.34. The zero-order chi connectivity index (χ0) is 10.8. The zero-order valence-corrected chi connectivity index (χ0v) is 10.3. The molecule has 15 heavy (non-hydrogen) atoms. The first kappa shape index (κ1) is 10.6. The predicted octanol–water partition coefficient (Wildman–Crippen LogP) is 2.86. The molecule has 0 aliphatic carbocycles. The molecular weight excluding hydrogens is 204 g/mol. The Kier molecular flexibility index (Phi) is 3.00. The maximum atomic E-state index is 4.62. The summed E-state index contributed by atoms with van der Waals surface area (Å²) in [5.41, 5.74) is 4.80. The molecule has 0 atom stereocenters. The lowest BCUT2D eigenvalue weighted by atomic mass is 10.2. The molecule has 0 unspecified atom stereocenters. The van der Waals surface area contributed by atoms with Crippen LogP contribution in [0.3, 0.4) is 0 Å². The number of imidazole rings is 1. The molecule has 2 nitrogen and oxygen atoms in total. The summed E-state index contributed by atoms with van der Waals surface area (Å²) in [4.78, 5) is 4.62. The van der Waals surface area contributed by atoms with Gasteiger partial charge in [0.2, 0.25) is 0 Å². The quantitative estimate of drug-likeness (QED) is 0.791. The Morgan fingerprint density at radius 1 is 1.33 bits per heavy atom. The molecule has 0 amide bonds. The van der Waals surface area contributed by atoms with E-state index in [0.717, 1.165) is 17.8 Å². The van der Waals surface area contributed by atoms with Gasteiger partial charge in [-0.25, -0.2) is 4.98 Å². The van der Waals surface area contributed by atoms with Crippen molar-refractivity contribution in [1.82, 2.24) is 9.38 Å². The lowest BCUT2D eigenvalue weighted by Crippen LogP contribution is -1.90. The van der Waals surface area contributed by atoms with Crippen LogP contribution in [0.2, 0.25) is 0 Å². The summed E-state index contributed by atoms with van der Waals surface area (Å²) < 4.78 is 2.17. The maximum Gasteiger partial charge on any atom is 0.137 e. The lowest BCUT2D eigenvalue weighted by Gasteiger charge is -2.00. The number of rotatable bonds is 3. The first-order chi connectivity index (χ1) is 7.20. The molecule has 2 heterocycles. The first-order valence-electron chi connectivity index (χ1n) is 5.15. The van der Waals surface area contributed by atoms with Gasteiger partial charge in [0, 0.05) is 18.3 Å². The van der Waals surface area contributed by atoms with Crippen LogP contribution in [0.4, 0.5) is 0 Å². The molecule has 0 aliphatic rings. The minimum atomic E-state index is 1.06. The van der Waals surface area contributed by atoms with Gasteiger partial charge in [0.25, 0.3) is 0 Å². The molecule has 0 N–H and O–H groups in total. The van der Waals surface area contributed by atoms with Crippen LogP contribution in [0.25, 0.3) is 5.65 Å². The summed E-state index contributed by atoms with van der Waals surface area (Å²) in [5, 5.41) is 0. The molecule has 0 spiro atoms. The zero-order valence-electron chi connectivity index (χ0n) is 9.45. The van der Waals surface area contributed by atoms with E-state index in [4.69, 9.17) is 0 Å². The smallest absolute Gasteiger partial charge is 0.137 e. The van der Waals surface area contributed by atoms with E-state index < -0.39 is 0 Å². The van der Waals surface area contributed by atoms with Crippen LogP contribution in [0.15, 0.2) is 18.3 Å². The molecule has 0 radical (unpaired) electrons. The Morgan fingerprint density at radius 3 is 2.87 bits per heavy atom. The number of aromatic nitrogens is 2. The lowest BCUT2D eigenvalue weighted by molar-refractivity contribution is 1.06. The van der Waals surface area contributed by atoms with Gasteiger partial charge in [0.1, 0.15) is 5.65 Å². The topological polar surface area (TPSA) is 17.3 Å². The van der Waals surface area contributed by atoms with Crippen molar-refractivity contribution >= 4 is 17.4 Å². The number of fused-ring (bicyclic) bond motifs is 1. The highest BCUT2D eigenvalue weighted by atomic mass is 32.2. The van der Waals surface area contributed by atoms with Gasteiger partial charge < -0.3 is 4.40 Å². The summed E-state index contributed by atoms with van der Waals surface area (Å²) in [6, 6.07) is 4.32. The second-order valence-electron chi connectivity index (χ2n) is 3.88. The van der Waals surface area contributed by atoms with Gasteiger partial charge in [-0.1, -0.05) is 0 Å². The normalized spacial score (nSPS) is 11.1. The Labute approximate surface area is 94.7 Å². The second kappa shape index (κ2) is 4.27. The number of aryl methyl sites for hydroxylation is 3. The van der Waals surface area contributed by atoms with Crippen molar-refractivity contribution in [1.29, 1.82) is 0 Å². The number of pyridine rings is 1. The Bertz CT molecular complexity index is 474. The van der Waals surface area contributed by atoms with Crippen molar-refractivity contribution in [3.05, 3.63) is 35.3 Å². The van der Waals surface area contributed by atoms with Gasteiger partial charge in [-0.2, -0.15) is 11.8 Å². The van der Waals surface area contributed by atoms with E-state index in [1.165, 1.54) is 17.0 Å². The van der Waals surface area contributed by atoms with Crippen LogP contribution in [0.5, 0.6) is 0 Å². The van der Waals surface area contributed by atoms with Gasteiger partial charge in [-0.3, -0.25) is 0 Å². The minimum absolute atomic E-state index is 1.06. The molecule has 2 aromatic rings. The van der Waals surface area contributed by atoms with E-state index in [1.54, 1.807) is 0 Å². The van der Waals surface area contributed by atoms with Crippen molar-refractivity contribution < 1.29 is 0 Å². The minimum Gasteiger partial charge on any atom is -0.304 e. The standard InChI is InChI=1S/C12H16N2S/c1-9-6-10(2)14-8-11(4-5-15-3)13-12(14)7-9/h6-8H,4-5H2,1-3H3. The molecule has 0 aliphatic heterocycles. The number of hydrogen-bond acceptors (Lipinski definition) is 2. The molecule has 0 aromatic carbocycles. The van der Waals surface area contributed by atoms with Crippen molar-refractivity contribution in [2.24, 2.45) is 0 Å². The van der Waals surface area contributed by atoms with Gasteiger partial charge in [0.05, 0.1) is 5.69 Å². The first-order valence-corrected chi connectivity index (χ1v) is 6.54. The maximum absolute atomic E-state index is 4.62. The highest BCUT2D eigenvalue weighted by molar-refractivity contribution is 7.98. The van der Waals surface area contributed by atoms with E-state index in [0.29, 0.717) is 0 Å². The van der Waals surface area contributed by atoms with Crippen LogP contribution in [-0.2, 0) is 6.42 Å². The Hall–Kier alpha value is -0.960. The average molecular weight is 220 g/mol. The summed E-state index contributed by atoms with van der Waals surface area (Å²) in [5.74, 6) is 1.14. The molecule has 2 aromatic heterocycles. The van der Waals surface area contributed by atoms with E-state index in [2.05, 4.69) is 47.8 Å². The van der Waals surface area contributed by atoms with Crippen LogP contribution in [0, 0.1) is 13.8 Å².